The van der Waals surface area contributed by atoms with Gasteiger partial charge in [-0.25, -0.2) is 4.79 Å². The van der Waals surface area contributed by atoms with E-state index in [9.17, 15) is 9.59 Å². The van der Waals surface area contributed by atoms with Crippen LogP contribution in [0.5, 0.6) is 0 Å². The van der Waals surface area contributed by atoms with Gasteiger partial charge in [0.15, 0.2) is 0 Å². The molecule has 0 aromatic carbocycles. The van der Waals surface area contributed by atoms with Gasteiger partial charge >= 0.3 is 12.0 Å². The fourth-order valence-electron chi connectivity index (χ4n) is 1.29. The van der Waals surface area contributed by atoms with E-state index in [1.165, 1.54) is 0 Å². The van der Waals surface area contributed by atoms with Crippen LogP contribution in [-0.2, 0) is 4.79 Å². The van der Waals surface area contributed by atoms with Crippen LogP contribution in [0.2, 0.25) is 0 Å². The molecule has 98 valence electrons. The smallest absolute Gasteiger partial charge is 0.314 e. The minimum atomic E-state index is -0.848. The Labute approximate surface area is 102 Å². The van der Waals surface area contributed by atoms with Gasteiger partial charge in [-0.1, -0.05) is 19.9 Å². The Morgan fingerprint density at radius 1 is 1.35 bits per heavy atom. The number of urea groups is 1. The van der Waals surface area contributed by atoms with Gasteiger partial charge in [-0.05, 0) is 18.3 Å². The number of amides is 2. The lowest BCUT2D eigenvalue weighted by molar-refractivity contribution is -0.137. The average molecular weight is 242 g/mol. The van der Waals surface area contributed by atoms with Gasteiger partial charge in [-0.3, -0.25) is 4.79 Å². The Hall–Kier alpha value is -1.52. The van der Waals surface area contributed by atoms with Crippen LogP contribution in [-0.4, -0.2) is 30.2 Å². The normalized spacial score (nSPS) is 10.7. The number of hydrogen-bond acceptors (Lipinski definition) is 2. The minimum Gasteiger partial charge on any atom is -0.481 e. The van der Waals surface area contributed by atoms with Gasteiger partial charge < -0.3 is 15.7 Å². The summed E-state index contributed by atoms with van der Waals surface area (Å²) >= 11 is 0. The maximum absolute atomic E-state index is 11.3. The summed E-state index contributed by atoms with van der Waals surface area (Å²) in [5, 5.41) is 13.8. The number of carbonyl (C=O) groups excluding carboxylic acids is 1. The molecule has 0 aliphatic rings. The number of rotatable bonds is 8. The van der Waals surface area contributed by atoms with E-state index in [2.05, 4.69) is 17.2 Å². The van der Waals surface area contributed by atoms with Crippen molar-refractivity contribution in [2.45, 2.75) is 33.1 Å². The third-order valence-corrected chi connectivity index (χ3v) is 2.28. The summed E-state index contributed by atoms with van der Waals surface area (Å²) in [6.45, 7) is 8.68. The van der Waals surface area contributed by atoms with E-state index in [1.54, 1.807) is 0 Å². The van der Waals surface area contributed by atoms with E-state index in [1.807, 2.05) is 19.9 Å². The highest BCUT2D eigenvalue weighted by atomic mass is 16.4. The number of carbonyl (C=O) groups is 2. The molecule has 17 heavy (non-hydrogen) atoms. The summed E-state index contributed by atoms with van der Waals surface area (Å²) in [4.78, 5) is 21.6. The van der Waals surface area contributed by atoms with Crippen LogP contribution in [0, 0.1) is 5.41 Å². The maximum atomic E-state index is 11.3. The van der Waals surface area contributed by atoms with Crippen LogP contribution < -0.4 is 10.6 Å². The minimum absolute atomic E-state index is 0.0137. The molecule has 5 heteroatoms. The molecule has 0 aliphatic carbocycles. The molecular weight excluding hydrogens is 220 g/mol. The Bertz CT molecular complexity index is 275. The molecule has 0 aliphatic heterocycles. The molecule has 5 nitrogen and oxygen atoms in total. The van der Waals surface area contributed by atoms with Crippen LogP contribution in [0.4, 0.5) is 4.79 Å². The first-order chi connectivity index (χ1) is 7.87. The van der Waals surface area contributed by atoms with Crippen molar-refractivity contribution in [3.63, 3.8) is 0 Å². The third-order valence-electron chi connectivity index (χ3n) is 2.28. The molecule has 0 saturated carbocycles. The Morgan fingerprint density at radius 2 is 2.00 bits per heavy atom. The van der Waals surface area contributed by atoms with E-state index in [0.717, 1.165) is 6.42 Å². The van der Waals surface area contributed by atoms with E-state index >= 15 is 0 Å². The van der Waals surface area contributed by atoms with E-state index in [0.29, 0.717) is 19.5 Å². The molecule has 0 radical (unpaired) electrons. The summed E-state index contributed by atoms with van der Waals surface area (Å²) in [5.41, 5.74) is -0.0137. The predicted molar refractivity (Wildman–Crippen MR) is 66.9 cm³/mol. The maximum Gasteiger partial charge on any atom is 0.314 e. The molecular formula is C12H22N2O3. The summed E-state index contributed by atoms with van der Waals surface area (Å²) in [6.07, 6.45) is 3.17. The average Bonchev–Trinajstić information content (AvgIpc) is 2.21. The molecule has 0 saturated heterocycles. The molecule has 0 bridgehead atoms. The molecule has 0 spiro atoms. The molecule has 0 rings (SSSR count). The van der Waals surface area contributed by atoms with Gasteiger partial charge in [0, 0.05) is 19.5 Å². The first-order valence-corrected chi connectivity index (χ1v) is 5.72. The lowest BCUT2D eigenvalue weighted by atomic mass is 9.89. The largest absolute Gasteiger partial charge is 0.481 e. The molecule has 0 unspecified atom stereocenters. The van der Waals surface area contributed by atoms with Gasteiger partial charge in [-0.2, -0.15) is 0 Å². The Morgan fingerprint density at radius 3 is 2.53 bits per heavy atom. The highest BCUT2D eigenvalue weighted by Gasteiger charge is 2.16. The summed E-state index contributed by atoms with van der Waals surface area (Å²) in [6, 6.07) is -0.257. The highest BCUT2D eigenvalue weighted by Crippen LogP contribution is 2.18. The number of carboxylic acids is 1. The molecule has 0 fully saturated rings. The van der Waals surface area contributed by atoms with Crippen molar-refractivity contribution in [2.75, 3.05) is 13.1 Å². The van der Waals surface area contributed by atoms with Gasteiger partial charge in [0.25, 0.3) is 0 Å². The summed E-state index contributed by atoms with van der Waals surface area (Å²) < 4.78 is 0. The second-order valence-corrected chi connectivity index (χ2v) is 4.76. The van der Waals surface area contributed by atoms with Gasteiger partial charge in [-0.15, -0.1) is 6.58 Å². The van der Waals surface area contributed by atoms with Crippen LogP contribution in [0.15, 0.2) is 12.7 Å². The van der Waals surface area contributed by atoms with E-state index in [4.69, 9.17) is 5.11 Å². The van der Waals surface area contributed by atoms with Crippen molar-refractivity contribution in [3.8, 4) is 0 Å². The quantitative estimate of drug-likeness (QED) is 0.448. The first-order valence-electron chi connectivity index (χ1n) is 5.72. The van der Waals surface area contributed by atoms with E-state index < -0.39 is 5.97 Å². The second-order valence-electron chi connectivity index (χ2n) is 4.76. The monoisotopic (exact) mass is 242 g/mol. The number of allylic oxidation sites excluding steroid dienone is 1. The van der Waals surface area contributed by atoms with Crippen molar-refractivity contribution < 1.29 is 14.7 Å². The zero-order valence-electron chi connectivity index (χ0n) is 10.6. The van der Waals surface area contributed by atoms with Crippen molar-refractivity contribution in [2.24, 2.45) is 5.41 Å². The van der Waals surface area contributed by atoms with Crippen molar-refractivity contribution in [1.82, 2.24) is 10.6 Å². The number of nitrogens with one attached hydrogen (secondary N) is 2. The molecule has 0 aromatic rings. The Kier molecular flexibility index (Phi) is 7.02. The molecule has 2 amide bonds. The van der Waals surface area contributed by atoms with Crippen LogP contribution in [0.3, 0.4) is 0 Å². The number of aliphatic carboxylic acids is 1. The SMILES string of the molecule is C=CCC(C)(C)CNC(=O)NCCCC(=O)O. The molecule has 3 N–H and O–H groups in total. The fraction of sp³-hybridized carbons (Fsp3) is 0.667. The van der Waals surface area contributed by atoms with Gasteiger partial charge in [0.1, 0.15) is 0 Å². The number of carboxylic acid groups (broad SMARTS) is 1. The van der Waals surface area contributed by atoms with Crippen LogP contribution >= 0.6 is 0 Å². The lowest BCUT2D eigenvalue weighted by Crippen LogP contribution is -2.41. The number of hydrogen-bond donors (Lipinski definition) is 3. The van der Waals surface area contributed by atoms with Crippen molar-refractivity contribution >= 4 is 12.0 Å². The van der Waals surface area contributed by atoms with Crippen LogP contribution in [0.25, 0.3) is 0 Å². The zero-order valence-corrected chi connectivity index (χ0v) is 10.6. The van der Waals surface area contributed by atoms with Crippen molar-refractivity contribution in [1.29, 1.82) is 0 Å². The fourth-order valence-corrected chi connectivity index (χ4v) is 1.29. The molecule has 0 atom stereocenters. The summed E-state index contributed by atoms with van der Waals surface area (Å²) in [5.74, 6) is -0.848. The van der Waals surface area contributed by atoms with Gasteiger partial charge in [0.2, 0.25) is 0 Å². The lowest BCUT2D eigenvalue weighted by Gasteiger charge is -2.23. The second kappa shape index (κ2) is 7.70. The Balaban J connectivity index is 3.65. The zero-order chi connectivity index (χ0) is 13.3. The highest BCUT2D eigenvalue weighted by molar-refractivity contribution is 5.74. The van der Waals surface area contributed by atoms with Crippen molar-refractivity contribution in [3.05, 3.63) is 12.7 Å². The van der Waals surface area contributed by atoms with E-state index in [-0.39, 0.29) is 17.9 Å². The predicted octanol–water partition coefficient (Wildman–Crippen LogP) is 1.75. The first kappa shape index (κ1) is 15.5. The summed E-state index contributed by atoms with van der Waals surface area (Å²) in [7, 11) is 0. The molecule has 0 heterocycles. The van der Waals surface area contributed by atoms with Gasteiger partial charge in [0.05, 0.1) is 0 Å². The molecule has 0 aromatic heterocycles. The topological polar surface area (TPSA) is 78.4 Å². The standard InChI is InChI=1S/C12H22N2O3/c1-4-7-12(2,3)9-14-11(17)13-8-5-6-10(15)16/h4H,1,5-9H2,2-3H3,(H,15,16)(H2,13,14,17). The van der Waals surface area contributed by atoms with Crippen LogP contribution in [0.1, 0.15) is 33.1 Å². The third kappa shape index (κ3) is 9.41.